The summed E-state index contributed by atoms with van der Waals surface area (Å²) in [6.07, 6.45) is 6.65. The lowest BCUT2D eigenvalue weighted by Gasteiger charge is -2.36. The van der Waals surface area contributed by atoms with E-state index < -0.39 is 23.3 Å². The molecule has 2 aromatic rings. The molecule has 2 aliphatic rings. The van der Waals surface area contributed by atoms with E-state index in [1.807, 2.05) is 56.3 Å². The van der Waals surface area contributed by atoms with Gasteiger partial charge in [0.25, 0.3) is 0 Å². The standard InChI is InChI=1S/C28H34N2O3/c1-19(2)30-27(33)24(25(31)28(30,3)18-20-10-6-4-7-11-20)26(32)29-23-16-14-22(15-17-23)21-12-8-5-9-13-21/h4,6-7,10-11,14-17,19,21,24H,5,8-9,12-13,18H2,1-3H3,(H,29,32). The molecule has 0 radical (unpaired) electrons. The third-order valence-corrected chi connectivity index (χ3v) is 7.23. The lowest BCUT2D eigenvalue weighted by Crippen LogP contribution is -2.52. The van der Waals surface area contributed by atoms with Gasteiger partial charge >= 0.3 is 0 Å². The fourth-order valence-electron chi connectivity index (χ4n) is 5.63. The lowest BCUT2D eigenvalue weighted by molar-refractivity contribution is -0.138. The van der Waals surface area contributed by atoms with Crippen LogP contribution in [0.5, 0.6) is 0 Å². The summed E-state index contributed by atoms with van der Waals surface area (Å²) in [5.41, 5.74) is 1.82. The third kappa shape index (κ3) is 4.59. The van der Waals surface area contributed by atoms with Crippen LogP contribution in [0.2, 0.25) is 0 Å². The largest absolute Gasteiger partial charge is 0.326 e. The van der Waals surface area contributed by atoms with Crippen LogP contribution >= 0.6 is 0 Å². The van der Waals surface area contributed by atoms with E-state index in [2.05, 4.69) is 17.4 Å². The number of amides is 2. The van der Waals surface area contributed by atoms with Crippen molar-refractivity contribution in [2.75, 3.05) is 5.32 Å². The lowest BCUT2D eigenvalue weighted by atomic mass is 9.84. The zero-order chi connectivity index (χ0) is 23.6. The van der Waals surface area contributed by atoms with E-state index in [4.69, 9.17) is 0 Å². The Morgan fingerprint density at radius 3 is 2.24 bits per heavy atom. The fraction of sp³-hybridized carbons (Fsp3) is 0.464. The first kappa shape index (κ1) is 23.2. The topological polar surface area (TPSA) is 66.5 Å². The molecule has 2 atom stereocenters. The molecule has 2 fully saturated rings. The van der Waals surface area contributed by atoms with Crippen LogP contribution in [0.4, 0.5) is 5.69 Å². The Morgan fingerprint density at radius 2 is 1.64 bits per heavy atom. The highest BCUT2D eigenvalue weighted by Gasteiger charge is 2.58. The molecule has 1 aliphatic carbocycles. The summed E-state index contributed by atoms with van der Waals surface area (Å²) in [6, 6.07) is 17.3. The van der Waals surface area contributed by atoms with Crippen LogP contribution in [0.3, 0.4) is 0 Å². The van der Waals surface area contributed by atoms with E-state index in [1.54, 1.807) is 11.8 Å². The van der Waals surface area contributed by atoms with Crippen LogP contribution in [0, 0.1) is 5.92 Å². The highest BCUT2D eigenvalue weighted by atomic mass is 16.2. The van der Waals surface area contributed by atoms with Gasteiger partial charge in [-0.05, 0) is 62.8 Å². The molecule has 0 spiro atoms. The molecule has 2 amide bonds. The second-order valence-electron chi connectivity index (χ2n) is 9.98. The average Bonchev–Trinajstić information content (AvgIpc) is 3.00. The van der Waals surface area contributed by atoms with Crippen molar-refractivity contribution in [3.8, 4) is 0 Å². The number of nitrogens with one attached hydrogen (secondary N) is 1. The highest BCUT2D eigenvalue weighted by molar-refractivity contribution is 6.27. The monoisotopic (exact) mass is 446 g/mol. The minimum absolute atomic E-state index is 0.192. The van der Waals surface area contributed by atoms with Gasteiger partial charge in [-0.15, -0.1) is 0 Å². The molecule has 5 nitrogen and oxygen atoms in total. The highest BCUT2D eigenvalue weighted by Crippen LogP contribution is 2.37. The van der Waals surface area contributed by atoms with Crippen molar-refractivity contribution < 1.29 is 14.4 Å². The normalized spacial score (nSPS) is 23.9. The summed E-state index contributed by atoms with van der Waals surface area (Å²) in [6.45, 7) is 5.56. The molecule has 2 unspecified atom stereocenters. The maximum atomic E-state index is 13.5. The zero-order valence-electron chi connectivity index (χ0n) is 19.8. The molecule has 1 aliphatic heterocycles. The van der Waals surface area contributed by atoms with Crippen LogP contribution < -0.4 is 5.32 Å². The first-order valence-electron chi connectivity index (χ1n) is 12.1. The molecule has 0 bridgehead atoms. The molecule has 1 saturated carbocycles. The van der Waals surface area contributed by atoms with E-state index in [1.165, 1.54) is 37.7 Å². The van der Waals surface area contributed by atoms with Gasteiger partial charge in [0, 0.05) is 18.2 Å². The summed E-state index contributed by atoms with van der Waals surface area (Å²) in [5.74, 6) is -2.03. The SMILES string of the molecule is CC(C)N1C(=O)C(C(=O)Nc2ccc(C3CCCCC3)cc2)C(=O)C1(C)Cc1ccccc1. The Kier molecular flexibility index (Phi) is 6.68. The quantitative estimate of drug-likeness (QED) is 0.627. The van der Waals surface area contributed by atoms with Crippen LogP contribution in [0.15, 0.2) is 54.6 Å². The predicted molar refractivity (Wildman–Crippen MR) is 130 cm³/mol. The van der Waals surface area contributed by atoms with Gasteiger partial charge in [-0.1, -0.05) is 61.7 Å². The Labute approximate surface area is 196 Å². The van der Waals surface area contributed by atoms with Crippen molar-refractivity contribution in [1.82, 2.24) is 4.90 Å². The molecule has 2 aromatic carbocycles. The van der Waals surface area contributed by atoms with Gasteiger partial charge in [0.15, 0.2) is 11.7 Å². The van der Waals surface area contributed by atoms with Crippen molar-refractivity contribution in [1.29, 1.82) is 0 Å². The minimum atomic E-state index is -1.32. The van der Waals surface area contributed by atoms with Gasteiger partial charge in [-0.25, -0.2) is 0 Å². The van der Waals surface area contributed by atoms with Gasteiger partial charge in [0.2, 0.25) is 11.8 Å². The number of ketones is 1. The summed E-state index contributed by atoms with van der Waals surface area (Å²) in [4.78, 5) is 41.6. The van der Waals surface area contributed by atoms with E-state index in [-0.39, 0.29) is 11.8 Å². The van der Waals surface area contributed by atoms with Gasteiger partial charge in [0.1, 0.15) is 5.54 Å². The first-order chi connectivity index (χ1) is 15.8. The van der Waals surface area contributed by atoms with E-state index >= 15 is 0 Å². The van der Waals surface area contributed by atoms with Crippen LogP contribution in [0.1, 0.15) is 69.9 Å². The molecule has 33 heavy (non-hydrogen) atoms. The average molecular weight is 447 g/mol. The maximum absolute atomic E-state index is 13.5. The van der Waals surface area contributed by atoms with Crippen LogP contribution in [0.25, 0.3) is 0 Å². The van der Waals surface area contributed by atoms with Crippen LogP contribution in [-0.2, 0) is 20.8 Å². The van der Waals surface area contributed by atoms with Crippen molar-refractivity contribution in [2.45, 2.75) is 76.8 Å². The molecular formula is C28H34N2O3. The molecule has 174 valence electrons. The number of hydrogen-bond donors (Lipinski definition) is 1. The number of carbonyl (C=O) groups is 3. The molecule has 0 aromatic heterocycles. The zero-order valence-corrected chi connectivity index (χ0v) is 19.8. The molecular weight excluding hydrogens is 412 g/mol. The van der Waals surface area contributed by atoms with Crippen molar-refractivity contribution in [2.24, 2.45) is 5.92 Å². The Balaban J connectivity index is 1.52. The maximum Gasteiger partial charge on any atom is 0.244 e. The van der Waals surface area contributed by atoms with E-state index in [0.29, 0.717) is 18.0 Å². The molecule has 5 heteroatoms. The van der Waals surface area contributed by atoms with Crippen molar-refractivity contribution >= 4 is 23.3 Å². The molecule has 1 saturated heterocycles. The number of anilines is 1. The number of rotatable bonds is 6. The molecule has 1 N–H and O–H groups in total. The van der Waals surface area contributed by atoms with Gasteiger partial charge in [0.05, 0.1) is 0 Å². The van der Waals surface area contributed by atoms with Gasteiger partial charge in [-0.2, -0.15) is 0 Å². The number of carbonyl (C=O) groups excluding carboxylic acids is 3. The smallest absolute Gasteiger partial charge is 0.244 e. The van der Waals surface area contributed by atoms with E-state index in [0.717, 1.165) is 5.56 Å². The number of hydrogen-bond acceptors (Lipinski definition) is 3. The Hall–Kier alpha value is -2.95. The summed E-state index contributed by atoms with van der Waals surface area (Å²) in [7, 11) is 0. The number of nitrogens with zero attached hydrogens (tertiary/aromatic N) is 1. The van der Waals surface area contributed by atoms with Crippen molar-refractivity contribution in [3.05, 3.63) is 65.7 Å². The number of benzene rings is 2. The Morgan fingerprint density at radius 1 is 1.00 bits per heavy atom. The summed E-state index contributed by atoms with van der Waals surface area (Å²) >= 11 is 0. The second-order valence-corrected chi connectivity index (χ2v) is 9.98. The van der Waals surface area contributed by atoms with E-state index in [9.17, 15) is 14.4 Å². The second kappa shape index (κ2) is 9.50. The van der Waals surface area contributed by atoms with Crippen LogP contribution in [-0.4, -0.2) is 34.1 Å². The first-order valence-corrected chi connectivity index (χ1v) is 12.1. The summed E-state index contributed by atoms with van der Waals surface area (Å²) in [5, 5.41) is 2.83. The molecule has 1 heterocycles. The minimum Gasteiger partial charge on any atom is -0.326 e. The third-order valence-electron chi connectivity index (χ3n) is 7.23. The molecule has 4 rings (SSSR count). The van der Waals surface area contributed by atoms with Crippen molar-refractivity contribution in [3.63, 3.8) is 0 Å². The fourth-order valence-corrected chi connectivity index (χ4v) is 5.63. The number of likely N-dealkylation sites (tertiary alicyclic amines) is 1. The number of Topliss-reactive ketones (excluding diaryl/α,β-unsaturated/α-hetero) is 1. The summed E-state index contributed by atoms with van der Waals surface area (Å²) < 4.78 is 0. The van der Waals surface area contributed by atoms with Gasteiger partial charge in [-0.3, -0.25) is 14.4 Å². The predicted octanol–water partition coefficient (Wildman–Crippen LogP) is 5.11. The Bertz CT molecular complexity index is 1010. The van der Waals surface area contributed by atoms with Gasteiger partial charge < -0.3 is 10.2 Å².